The van der Waals surface area contributed by atoms with Crippen LogP contribution in [0.4, 0.5) is 5.69 Å². The van der Waals surface area contributed by atoms with Crippen molar-refractivity contribution in [3.05, 3.63) is 105 Å². The number of ether oxygens (including phenoxy) is 1. The Morgan fingerprint density at radius 1 is 0.914 bits per heavy atom. The van der Waals surface area contributed by atoms with Crippen LogP contribution in [0, 0.1) is 6.92 Å². The van der Waals surface area contributed by atoms with Gasteiger partial charge in [-0.05, 0) is 60.2 Å². The van der Waals surface area contributed by atoms with Gasteiger partial charge in [0.25, 0.3) is 5.56 Å². The van der Waals surface area contributed by atoms with Gasteiger partial charge in [-0.1, -0.05) is 48.9 Å². The Hall–Kier alpha value is -4.06. The van der Waals surface area contributed by atoms with Gasteiger partial charge in [-0.25, -0.2) is 0 Å². The third kappa shape index (κ3) is 5.90. The van der Waals surface area contributed by atoms with Crippen LogP contribution < -0.4 is 20.9 Å². The molecule has 2 N–H and O–H groups in total. The van der Waals surface area contributed by atoms with E-state index in [1.165, 1.54) is 15.7 Å². The number of benzene rings is 3. The Balaban J connectivity index is 1.58. The van der Waals surface area contributed by atoms with E-state index in [1.54, 1.807) is 13.2 Å². The molecule has 35 heavy (non-hydrogen) atoms. The van der Waals surface area contributed by atoms with Gasteiger partial charge in [-0.2, -0.15) is 0 Å². The first-order chi connectivity index (χ1) is 17.0. The summed E-state index contributed by atoms with van der Waals surface area (Å²) in [4.78, 5) is 26.3. The van der Waals surface area contributed by atoms with E-state index in [0.29, 0.717) is 29.9 Å². The zero-order valence-corrected chi connectivity index (χ0v) is 20.4. The van der Waals surface area contributed by atoms with Gasteiger partial charge in [0.05, 0.1) is 12.6 Å². The van der Waals surface area contributed by atoms with E-state index in [0.717, 1.165) is 23.1 Å². The lowest BCUT2D eigenvalue weighted by Crippen LogP contribution is -2.33. The Bertz CT molecular complexity index is 1370. The van der Waals surface area contributed by atoms with Crippen molar-refractivity contribution in [2.75, 3.05) is 12.4 Å². The number of anilines is 1. The van der Waals surface area contributed by atoms with Crippen molar-refractivity contribution in [1.29, 1.82) is 0 Å². The molecule has 6 nitrogen and oxygen atoms in total. The standard InChI is InChI=1S/C29H31N3O3/c1-4-21-9-12-25(13-10-21)30-18-24-15-23-11-14-26(35-3)16-27(23)32(29(24)34)19-28(33)31-17-22-7-5-20(2)6-8-22/h5-16,30H,4,17-19H2,1-3H3,(H,31,33). The van der Waals surface area contributed by atoms with Crippen LogP contribution in [0.15, 0.2) is 77.6 Å². The molecule has 6 heteroatoms. The summed E-state index contributed by atoms with van der Waals surface area (Å²) in [5, 5.41) is 7.13. The number of fused-ring (bicyclic) bond motifs is 1. The highest BCUT2D eigenvalue weighted by atomic mass is 16.5. The van der Waals surface area contributed by atoms with Crippen molar-refractivity contribution < 1.29 is 9.53 Å². The molecule has 4 rings (SSSR count). The molecule has 0 aliphatic carbocycles. The number of carbonyl (C=O) groups excluding carboxylic acids is 1. The van der Waals surface area contributed by atoms with E-state index in [1.807, 2.05) is 61.5 Å². The quantitative estimate of drug-likeness (QED) is 0.369. The van der Waals surface area contributed by atoms with Crippen LogP contribution in [-0.2, 0) is 30.8 Å². The minimum absolute atomic E-state index is 0.0760. The molecule has 0 radical (unpaired) electrons. The Kier molecular flexibility index (Phi) is 7.51. The third-order valence-electron chi connectivity index (χ3n) is 6.14. The molecule has 1 heterocycles. The van der Waals surface area contributed by atoms with Crippen molar-refractivity contribution in [1.82, 2.24) is 9.88 Å². The average Bonchev–Trinajstić information content (AvgIpc) is 2.89. The van der Waals surface area contributed by atoms with Crippen molar-refractivity contribution in [3.8, 4) is 5.75 Å². The van der Waals surface area contributed by atoms with Gasteiger partial charge in [0.1, 0.15) is 12.3 Å². The van der Waals surface area contributed by atoms with Crippen LogP contribution in [0.1, 0.15) is 29.2 Å². The van der Waals surface area contributed by atoms with Gasteiger partial charge < -0.3 is 15.4 Å². The Morgan fingerprint density at radius 3 is 2.31 bits per heavy atom. The lowest BCUT2D eigenvalue weighted by Gasteiger charge is -2.15. The topological polar surface area (TPSA) is 72.4 Å². The second kappa shape index (κ2) is 10.9. The number of nitrogens with zero attached hydrogens (tertiary/aromatic N) is 1. The number of hydrogen-bond donors (Lipinski definition) is 2. The highest BCUT2D eigenvalue weighted by Crippen LogP contribution is 2.21. The van der Waals surface area contributed by atoms with Crippen molar-refractivity contribution in [3.63, 3.8) is 0 Å². The molecule has 0 aliphatic rings. The maximum Gasteiger partial charge on any atom is 0.256 e. The first-order valence-electron chi connectivity index (χ1n) is 11.8. The highest BCUT2D eigenvalue weighted by Gasteiger charge is 2.14. The summed E-state index contributed by atoms with van der Waals surface area (Å²) in [5.41, 5.74) is 5.43. The van der Waals surface area contributed by atoms with Gasteiger partial charge in [0, 0.05) is 30.4 Å². The molecule has 3 aromatic carbocycles. The fraction of sp³-hybridized carbons (Fsp3) is 0.241. The average molecular weight is 470 g/mol. The number of aromatic nitrogens is 1. The van der Waals surface area contributed by atoms with Gasteiger partial charge in [-0.15, -0.1) is 0 Å². The second-order valence-corrected chi connectivity index (χ2v) is 8.65. The zero-order valence-electron chi connectivity index (χ0n) is 20.4. The van der Waals surface area contributed by atoms with E-state index in [4.69, 9.17) is 4.74 Å². The fourth-order valence-electron chi connectivity index (χ4n) is 3.98. The van der Waals surface area contributed by atoms with E-state index in [9.17, 15) is 9.59 Å². The summed E-state index contributed by atoms with van der Waals surface area (Å²) in [7, 11) is 1.58. The molecule has 4 aromatic rings. The zero-order chi connectivity index (χ0) is 24.8. The maximum absolute atomic E-state index is 13.5. The van der Waals surface area contributed by atoms with Crippen LogP contribution in [0.25, 0.3) is 10.9 Å². The van der Waals surface area contributed by atoms with Gasteiger partial charge in [-0.3, -0.25) is 14.2 Å². The minimum atomic E-state index is -0.225. The number of methoxy groups -OCH3 is 1. The fourth-order valence-corrected chi connectivity index (χ4v) is 3.98. The number of nitrogens with one attached hydrogen (secondary N) is 2. The number of hydrogen-bond acceptors (Lipinski definition) is 4. The van der Waals surface area contributed by atoms with Crippen LogP contribution in [0.5, 0.6) is 5.75 Å². The number of amides is 1. The normalized spacial score (nSPS) is 10.8. The Morgan fingerprint density at radius 2 is 1.63 bits per heavy atom. The molecule has 0 fully saturated rings. The summed E-state index contributed by atoms with van der Waals surface area (Å²) in [5.74, 6) is 0.407. The predicted octanol–water partition coefficient (Wildman–Crippen LogP) is 4.81. The molecule has 180 valence electrons. The van der Waals surface area contributed by atoms with Gasteiger partial charge in [0.2, 0.25) is 5.91 Å². The summed E-state index contributed by atoms with van der Waals surface area (Å²) >= 11 is 0. The van der Waals surface area contributed by atoms with E-state index in [-0.39, 0.29) is 18.0 Å². The molecular formula is C29H31N3O3. The third-order valence-corrected chi connectivity index (χ3v) is 6.14. The van der Waals surface area contributed by atoms with Crippen LogP contribution >= 0.6 is 0 Å². The van der Waals surface area contributed by atoms with Crippen LogP contribution in [0.2, 0.25) is 0 Å². The Labute approximate surface area is 205 Å². The molecule has 0 saturated heterocycles. The molecule has 0 aliphatic heterocycles. The largest absolute Gasteiger partial charge is 0.497 e. The number of pyridine rings is 1. The smallest absolute Gasteiger partial charge is 0.256 e. The SMILES string of the molecule is CCc1ccc(NCc2cc3ccc(OC)cc3n(CC(=O)NCc3ccc(C)cc3)c2=O)cc1. The lowest BCUT2D eigenvalue weighted by atomic mass is 10.1. The van der Waals surface area contributed by atoms with Crippen LogP contribution in [-0.4, -0.2) is 17.6 Å². The predicted molar refractivity (Wildman–Crippen MR) is 141 cm³/mol. The molecule has 0 bridgehead atoms. The summed E-state index contributed by atoms with van der Waals surface area (Å²) in [6.45, 7) is 4.83. The molecule has 0 atom stereocenters. The van der Waals surface area contributed by atoms with Gasteiger partial charge >= 0.3 is 0 Å². The van der Waals surface area contributed by atoms with Crippen molar-refractivity contribution in [2.45, 2.75) is 39.9 Å². The molecule has 0 spiro atoms. The van der Waals surface area contributed by atoms with E-state index in [2.05, 4.69) is 29.7 Å². The summed E-state index contributed by atoms with van der Waals surface area (Å²) in [6.07, 6.45) is 0.977. The van der Waals surface area contributed by atoms with Crippen molar-refractivity contribution in [2.24, 2.45) is 0 Å². The molecule has 1 amide bonds. The van der Waals surface area contributed by atoms with Crippen LogP contribution in [0.3, 0.4) is 0 Å². The summed E-state index contributed by atoms with van der Waals surface area (Å²) in [6, 6.07) is 23.6. The molecule has 0 saturated carbocycles. The highest BCUT2D eigenvalue weighted by molar-refractivity contribution is 5.84. The number of carbonyl (C=O) groups is 1. The lowest BCUT2D eigenvalue weighted by molar-refractivity contribution is -0.121. The van der Waals surface area contributed by atoms with Gasteiger partial charge in [0.15, 0.2) is 0 Å². The number of aryl methyl sites for hydroxylation is 2. The maximum atomic E-state index is 13.5. The first kappa shape index (κ1) is 24.1. The minimum Gasteiger partial charge on any atom is -0.497 e. The summed E-state index contributed by atoms with van der Waals surface area (Å²) < 4.78 is 6.89. The van der Waals surface area contributed by atoms with Crippen molar-refractivity contribution >= 4 is 22.5 Å². The number of rotatable bonds is 9. The van der Waals surface area contributed by atoms with E-state index < -0.39 is 0 Å². The monoisotopic (exact) mass is 469 g/mol. The molecule has 1 aromatic heterocycles. The molecule has 0 unspecified atom stereocenters. The van der Waals surface area contributed by atoms with E-state index >= 15 is 0 Å². The molecular weight excluding hydrogens is 438 g/mol. The second-order valence-electron chi connectivity index (χ2n) is 8.65. The first-order valence-corrected chi connectivity index (χ1v) is 11.8.